The number of carbonyl (C=O) groups is 10. The van der Waals surface area contributed by atoms with Gasteiger partial charge in [-0.3, -0.25) is 46.2 Å². The van der Waals surface area contributed by atoms with Crippen LogP contribution in [0.15, 0.2) is 30.7 Å². The van der Waals surface area contributed by atoms with Gasteiger partial charge in [0.05, 0.1) is 0 Å². The first-order valence-electron chi connectivity index (χ1n) is 25.0. The summed E-state index contributed by atoms with van der Waals surface area (Å²) in [6, 6.07) is 0. The lowest BCUT2D eigenvalue weighted by molar-refractivity contribution is -0.197. The molecule has 0 saturated carbocycles. The third kappa shape index (κ3) is 20.7. The summed E-state index contributed by atoms with van der Waals surface area (Å²) in [7, 11) is -3.49. The van der Waals surface area contributed by atoms with Gasteiger partial charge in [0.15, 0.2) is 17.0 Å². The first-order chi connectivity index (χ1) is 34.8. The molecule has 3 fully saturated rings. The molecule has 6 aliphatic heterocycles. The highest BCUT2D eigenvalue weighted by Gasteiger charge is 2.40. The molecule has 28 heteroatoms. The maximum atomic E-state index is 12.5. The number of hydrogen-bond acceptors (Lipinski definition) is 22. The molecule has 3 unspecified atom stereocenters. The second-order valence-electron chi connectivity index (χ2n) is 21.3. The summed E-state index contributed by atoms with van der Waals surface area (Å²) in [6.45, 7) is 16.5. The molecule has 25 nitrogen and oxygen atoms in total. The minimum atomic E-state index is -1.23. The lowest BCUT2D eigenvalue weighted by Crippen LogP contribution is -2.34. The number of Topliss-reactive ketones (excluding diaryl/α,β-unsaturated/α-hetero) is 1. The van der Waals surface area contributed by atoms with Crippen LogP contribution in [0.2, 0.25) is 0 Å². The van der Waals surface area contributed by atoms with Gasteiger partial charge in [0.1, 0.15) is 5.78 Å². The molecule has 6 rings (SSSR count). The Morgan fingerprint density at radius 2 is 0.707 bits per heavy atom. The largest absolute Gasteiger partial charge is 0.333 e. The Labute approximate surface area is 443 Å². The molecule has 0 radical (unpaired) electrons. The standard InChI is InChI=1S/C18H27N3O6S.C15H23N3O5S.C14H21N3O5S/c1-17(2,10-9-16(25)27-21-14(23)6-7-15(21)24)28(26)12-4-5-13(22)8-11-18(3)19-20-18;1-14(2,24(22)10-4-8-15(3)16-17-15)9-7-13(21)23-18-11(19)5-6-12(18)20;1-13(2,23(21)9-8-14(3)15-16-14)7-6-12(20)22-17-10(18)4-5-11(17)19/h4-12H2,1-3H3;4-10H2,1-3H3;4-9H2,1-3H3. The fourth-order valence-corrected chi connectivity index (χ4v) is 11.1. The number of nitrogens with zero attached hydrogens (tertiary/aromatic N) is 9. The molecule has 0 bridgehead atoms. The molecular weight excluding hydrogens is 1040 g/mol. The number of imide groups is 3. The van der Waals surface area contributed by atoms with Crippen molar-refractivity contribution in [2.24, 2.45) is 30.7 Å². The Morgan fingerprint density at radius 1 is 0.427 bits per heavy atom. The molecule has 0 aromatic rings. The van der Waals surface area contributed by atoms with E-state index in [0.717, 1.165) is 12.8 Å². The van der Waals surface area contributed by atoms with Crippen LogP contribution in [0.3, 0.4) is 0 Å². The molecule has 0 spiro atoms. The molecule has 6 amide bonds. The molecule has 3 atom stereocenters. The van der Waals surface area contributed by atoms with Crippen LogP contribution in [0.5, 0.6) is 0 Å². The van der Waals surface area contributed by atoms with Crippen LogP contribution in [0.25, 0.3) is 0 Å². The summed E-state index contributed by atoms with van der Waals surface area (Å²) in [6.07, 6.45) is 5.30. The van der Waals surface area contributed by atoms with E-state index >= 15 is 0 Å². The zero-order valence-electron chi connectivity index (χ0n) is 44.3. The molecule has 418 valence electrons. The molecule has 0 aromatic carbocycles. The Balaban J connectivity index is 0.000000245. The van der Waals surface area contributed by atoms with Gasteiger partial charge in [0.2, 0.25) is 0 Å². The zero-order chi connectivity index (χ0) is 56.2. The van der Waals surface area contributed by atoms with Gasteiger partial charge < -0.3 is 14.5 Å². The third-order valence-corrected chi connectivity index (χ3v) is 19.2. The maximum Gasteiger partial charge on any atom is 0.333 e. The van der Waals surface area contributed by atoms with Crippen LogP contribution in [0.4, 0.5) is 0 Å². The van der Waals surface area contributed by atoms with Crippen LogP contribution in [-0.2, 0) is 94.9 Å². The molecule has 0 aliphatic carbocycles. The Bertz CT molecular complexity index is 2360. The van der Waals surface area contributed by atoms with Crippen molar-refractivity contribution in [1.82, 2.24) is 15.2 Å². The highest BCUT2D eigenvalue weighted by atomic mass is 32.2. The fraction of sp³-hybridized carbons (Fsp3) is 0.787. The number of hydrogen-bond donors (Lipinski definition) is 0. The quantitative estimate of drug-likeness (QED) is 0.0829. The van der Waals surface area contributed by atoms with Crippen molar-refractivity contribution in [2.45, 2.75) is 216 Å². The summed E-state index contributed by atoms with van der Waals surface area (Å²) in [5, 5.41) is 24.9. The number of carbonyl (C=O) groups excluding carboxylic acids is 10. The van der Waals surface area contributed by atoms with Gasteiger partial charge in [-0.25, -0.2) is 14.4 Å². The third-order valence-electron chi connectivity index (χ3n) is 13.0. The summed E-state index contributed by atoms with van der Waals surface area (Å²) >= 11 is 0. The number of ketones is 1. The van der Waals surface area contributed by atoms with Crippen molar-refractivity contribution in [1.29, 1.82) is 0 Å². The predicted molar refractivity (Wildman–Crippen MR) is 268 cm³/mol. The van der Waals surface area contributed by atoms with Crippen molar-refractivity contribution in [2.75, 3.05) is 17.3 Å². The van der Waals surface area contributed by atoms with Crippen LogP contribution >= 0.6 is 0 Å². The summed E-state index contributed by atoms with van der Waals surface area (Å²) in [5.74, 6) is -3.64. The Morgan fingerprint density at radius 3 is 1.03 bits per heavy atom. The second-order valence-corrected chi connectivity index (χ2v) is 27.9. The van der Waals surface area contributed by atoms with E-state index in [-0.39, 0.29) is 87.0 Å². The fourth-order valence-electron chi connectivity index (χ4n) is 7.08. The highest BCUT2D eigenvalue weighted by Crippen LogP contribution is 2.35. The summed E-state index contributed by atoms with van der Waals surface area (Å²) in [5.41, 5.74) is -1.05. The Hall–Kier alpha value is -5.25. The topological polar surface area (TPSA) is 333 Å². The molecular formula is C47H71N9O16S3. The smallest absolute Gasteiger partial charge is 0.330 e. The molecule has 75 heavy (non-hydrogen) atoms. The van der Waals surface area contributed by atoms with Crippen molar-refractivity contribution in [3.63, 3.8) is 0 Å². The zero-order valence-corrected chi connectivity index (χ0v) is 46.8. The second kappa shape index (κ2) is 26.2. The SMILES string of the molecule is CC1(CCC(=O)CCCS(=O)C(C)(C)CCC(=O)ON2C(=O)CCC2=O)N=N1.CC1(CCCS(=O)C(C)(C)CCC(=O)ON2C(=O)CCC2=O)N=N1.CC1(CCS(=O)C(C)(C)CCC(=O)ON2C(=O)CCC2=O)N=N1. The van der Waals surface area contributed by atoms with Crippen LogP contribution in [-0.4, -0.2) is 135 Å². The number of amides is 6. The van der Waals surface area contributed by atoms with Gasteiger partial charge in [0, 0.05) is 147 Å². The van der Waals surface area contributed by atoms with Crippen molar-refractivity contribution >= 4 is 91.5 Å². The normalized spacial score (nSPS) is 20.0. The van der Waals surface area contributed by atoms with E-state index in [0.29, 0.717) is 77.4 Å². The lowest BCUT2D eigenvalue weighted by Gasteiger charge is -2.24. The monoisotopic (exact) mass is 1110 g/mol. The summed E-state index contributed by atoms with van der Waals surface area (Å²) < 4.78 is 35.5. The van der Waals surface area contributed by atoms with E-state index in [4.69, 9.17) is 14.5 Å². The van der Waals surface area contributed by atoms with E-state index in [1.165, 1.54) is 0 Å². The average Bonchev–Trinajstić information content (AvgIpc) is 4.31. The van der Waals surface area contributed by atoms with Crippen molar-refractivity contribution in [3.05, 3.63) is 0 Å². The van der Waals surface area contributed by atoms with Crippen molar-refractivity contribution in [3.8, 4) is 0 Å². The molecule has 6 aliphatic rings. The molecule has 3 saturated heterocycles. The van der Waals surface area contributed by atoms with Gasteiger partial charge in [-0.05, 0) is 101 Å². The van der Waals surface area contributed by atoms with Crippen LogP contribution in [0, 0.1) is 0 Å². The van der Waals surface area contributed by atoms with E-state index in [1.54, 1.807) is 13.8 Å². The minimum Gasteiger partial charge on any atom is -0.330 e. The lowest BCUT2D eigenvalue weighted by atomic mass is 10.1. The molecule has 6 heterocycles. The maximum absolute atomic E-state index is 12.5. The van der Waals surface area contributed by atoms with Crippen LogP contribution in [0.1, 0.15) is 184 Å². The van der Waals surface area contributed by atoms with E-state index < -0.39 is 100.0 Å². The van der Waals surface area contributed by atoms with E-state index in [9.17, 15) is 60.6 Å². The van der Waals surface area contributed by atoms with Gasteiger partial charge in [0.25, 0.3) is 35.4 Å². The number of hydroxylamine groups is 6. The minimum absolute atomic E-state index is 0.00180. The first-order valence-corrected chi connectivity index (χ1v) is 28.9. The Kier molecular flexibility index (Phi) is 21.8. The first kappa shape index (κ1) is 62.3. The van der Waals surface area contributed by atoms with Gasteiger partial charge >= 0.3 is 17.9 Å². The van der Waals surface area contributed by atoms with Gasteiger partial charge in [-0.1, -0.05) is 0 Å². The summed E-state index contributed by atoms with van der Waals surface area (Å²) in [4.78, 5) is 130. The number of rotatable bonds is 29. The predicted octanol–water partition coefficient (Wildman–Crippen LogP) is 5.55. The van der Waals surface area contributed by atoms with Crippen molar-refractivity contribution < 1.29 is 75.1 Å². The van der Waals surface area contributed by atoms with E-state index in [2.05, 4.69) is 30.7 Å². The molecule has 0 N–H and O–H groups in total. The average molecular weight is 1110 g/mol. The van der Waals surface area contributed by atoms with Gasteiger partial charge in [-0.2, -0.15) is 30.7 Å². The molecule has 0 aromatic heterocycles. The van der Waals surface area contributed by atoms with Gasteiger partial charge in [-0.15, -0.1) is 15.2 Å². The van der Waals surface area contributed by atoms with Crippen LogP contribution < -0.4 is 0 Å². The highest BCUT2D eigenvalue weighted by molar-refractivity contribution is 7.86. The van der Waals surface area contributed by atoms with E-state index in [1.807, 2.05) is 48.5 Å².